The molecule has 7 heteroatoms. The van der Waals surface area contributed by atoms with E-state index in [1.165, 1.54) is 107 Å². The summed E-state index contributed by atoms with van der Waals surface area (Å²) in [5.74, 6) is 1.07. The number of nitrogens with zero attached hydrogens (tertiary/aromatic N) is 3. The van der Waals surface area contributed by atoms with Crippen molar-refractivity contribution in [2.45, 2.75) is 117 Å². The first-order chi connectivity index (χ1) is 17.7. The average Bonchev–Trinajstić information content (AvgIpc) is 3.39. The van der Waals surface area contributed by atoms with Crippen molar-refractivity contribution < 1.29 is 14.3 Å². The first-order valence-electron chi connectivity index (χ1n) is 14.3. The maximum Gasteiger partial charge on any atom is 0.270 e. The van der Waals surface area contributed by atoms with Crippen LogP contribution in [0.2, 0.25) is 0 Å². The van der Waals surface area contributed by atoms with Gasteiger partial charge in [0.1, 0.15) is 24.2 Å². The molecule has 0 fully saturated rings. The highest BCUT2D eigenvalue weighted by molar-refractivity contribution is 6.00. The van der Waals surface area contributed by atoms with Crippen LogP contribution in [0.4, 0.5) is 0 Å². The number of rotatable bonds is 22. The summed E-state index contributed by atoms with van der Waals surface area (Å²) in [6, 6.07) is 5.44. The highest BCUT2D eigenvalue weighted by atomic mass is 16.5. The standard InChI is InChI=1S/C29H48N4O3/c1-3-5-7-9-11-13-15-17-19-35-27-21-26(29(34)32-33-24-30-31-25-33)22-28(23-27)36-20-18-16-14-12-10-8-6-4-2/h21-25H,3-20H2,1-2H3,(H,32,34). The molecule has 0 aliphatic heterocycles. The van der Waals surface area contributed by atoms with Crippen molar-refractivity contribution >= 4 is 5.91 Å². The molecule has 202 valence electrons. The van der Waals surface area contributed by atoms with Crippen LogP contribution >= 0.6 is 0 Å². The smallest absolute Gasteiger partial charge is 0.270 e. The van der Waals surface area contributed by atoms with E-state index in [9.17, 15) is 4.79 Å². The molecular formula is C29H48N4O3. The molecule has 0 unspecified atom stereocenters. The number of unbranched alkanes of at least 4 members (excludes halogenated alkanes) is 14. The lowest BCUT2D eigenvalue weighted by Gasteiger charge is -2.13. The Morgan fingerprint density at radius 2 is 1.08 bits per heavy atom. The van der Waals surface area contributed by atoms with Crippen LogP contribution in [0.5, 0.6) is 11.5 Å². The van der Waals surface area contributed by atoms with Crippen LogP contribution in [0, 0.1) is 0 Å². The zero-order valence-corrected chi connectivity index (χ0v) is 22.7. The summed E-state index contributed by atoms with van der Waals surface area (Å²) in [4.78, 5) is 12.8. The van der Waals surface area contributed by atoms with Crippen molar-refractivity contribution in [2.75, 3.05) is 18.6 Å². The second-order valence-corrected chi connectivity index (χ2v) is 9.65. The quantitative estimate of drug-likeness (QED) is 0.168. The number of ether oxygens (including phenoxy) is 2. The van der Waals surface area contributed by atoms with Crippen molar-refractivity contribution in [2.24, 2.45) is 0 Å². The van der Waals surface area contributed by atoms with E-state index in [0.717, 1.165) is 12.8 Å². The van der Waals surface area contributed by atoms with Crippen molar-refractivity contribution in [3.05, 3.63) is 36.4 Å². The molecule has 1 N–H and O–H groups in total. The topological polar surface area (TPSA) is 78.3 Å². The van der Waals surface area contributed by atoms with Crippen LogP contribution in [0.25, 0.3) is 0 Å². The van der Waals surface area contributed by atoms with Gasteiger partial charge in [0.2, 0.25) is 0 Å². The van der Waals surface area contributed by atoms with Crippen molar-refractivity contribution in [1.29, 1.82) is 0 Å². The maximum atomic E-state index is 12.8. The Bertz CT molecular complexity index is 771. The first-order valence-corrected chi connectivity index (χ1v) is 14.3. The van der Waals surface area contributed by atoms with E-state index in [-0.39, 0.29) is 5.91 Å². The predicted octanol–water partition coefficient (Wildman–Crippen LogP) is 7.70. The Morgan fingerprint density at radius 3 is 1.53 bits per heavy atom. The van der Waals surface area contributed by atoms with Crippen LogP contribution in [-0.4, -0.2) is 34.0 Å². The van der Waals surface area contributed by atoms with Gasteiger partial charge in [0, 0.05) is 11.6 Å². The Labute approximate surface area is 218 Å². The molecule has 1 amide bonds. The van der Waals surface area contributed by atoms with Crippen molar-refractivity contribution in [3.8, 4) is 11.5 Å². The fraction of sp³-hybridized carbons (Fsp3) is 0.690. The molecule has 1 aromatic carbocycles. The van der Waals surface area contributed by atoms with E-state index in [4.69, 9.17) is 9.47 Å². The van der Waals surface area contributed by atoms with Crippen LogP contribution in [0.3, 0.4) is 0 Å². The Hall–Kier alpha value is -2.57. The van der Waals surface area contributed by atoms with Crippen LogP contribution in [-0.2, 0) is 0 Å². The van der Waals surface area contributed by atoms with Gasteiger partial charge in [-0.2, -0.15) is 0 Å². The lowest BCUT2D eigenvalue weighted by Crippen LogP contribution is -2.21. The SMILES string of the molecule is CCCCCCCCCCOc1cc(OCCCCCCCCCC)cc(C(=O)Nn2cnnc2)c1. The van der Waals surface area contributed by atoms with Gasteiger partial charge in [0.25, 0.3) is 5.91 Å². The summed E-state index contributed by atoms with van der Waals surface area (Å²) in [6.07, 6.45) is 23.0. The molecular weight excluding hydrogens is 452 g/mol. The number of aromatic nitrogens is 3. The summed E-state index contributed by atoms with van der Waals surface area (Å²) in [5, 5.41) is 7.45. The summed E-state index contributed by atoms with van der Waals surface area (Å²) in [7, 11) is 0. The molecule has 0 bridgehead atoms. The Balaban J connectivity index is 1.80. The number of hydrogen-bond acceptors (Lipinski definition) is 5. The molecule has 0 saturated heterocycles. The number of amides is 1. The number of nitrogens with one attached hydrogen (secondary N) is 1. The third kappa shape index (κ3) is 13.5. The van der Waals surface area contributed by atoms with Gasteiger partial charge in [-0.3, -0.25) is 10.2 Å². The van der Waals surface area contributed by atoms with Crippen LogP contribution in [0.1, 0.15) is 127 Å². The van der Waals surface area contributed by atoms with Crippen molar-refractivity contribution in [1.82, 2.24) is 14.9 Å². The Morgan fingerprint density at radius 1 is 0.667 bits per heavy atom. The number of hydrogen-bond donors (Lipinski definition) is 1. The fourth-order valence-corrected chi connectivity index (χ4v) is 4.16. The number of carbonyl (C=O) groups is 1. The van der Waals surface area contributed by atoms with Gasteiger partial charge in [-0.25, -0.2) is 4.68 Å². The van der Waals surface area contributed by atoms with E-state index < -0.39 is 0 Å². The van der Waals surface area contributed by atoms with E-state index in [2.05, 4.69) is 29.5 Å². The van der Waals surface area contributed by atoms with Gasteiger partial charge in [-0.15, -0.1) is 10.2 Å². The van der Waals surface area contributed by atoms with Gasteiger partial charge >= 0.3 is 0 Å². The highest BCUT2D eigenvalue weighted by Gasteiger charge is 2.11. The third-order valence-corrected chi connectivity index (χ3v) is 6.32. The molecule has 2 rings (SSSR count). The zero-order chi connectivity index (χ0) is 25.7. The molecule has 2 aromatic rings. The molecule has 7 nitrogen and oxygen atoms in total. The third-order valence-electron chi connectivity index (χ3n) is 6.32. The molecule has 0 saturated carbocycles. The van der Waals surface area contributed by atoms with Gasteiger partial charge in [-0.05, 0) is 25.0 Å². The molecule has 0 atom stereocenters. The van der Waals surface area contributed by atoms with E-state index >= 15 is 0 Å². The van der Waals surface area contributed by atoms with E-state index in [1.807, 2.05) is 6.07 Å². The van der Waals surface area contributed by atoms with Gasteiger partial charge < -0.3 is 9.47 Å². The van der Waals surface area contributed by atoms with Crippen LogP contribution < -0.4 is 14.9 Å². The van der Waals surface area contributed by atoms with Gasteiger partial charge in [-0.1, -0.05) is 104 Å². The molecule has 36 heavy (non-hydrogen) atoms. The molecule has 1 heterocycles. The lowest BCUT2D eigenvalue weighted by molar-refractivity contribution is 0.101. The largest absolute Gasteiger partial charge is 0.493 e. The molecule has 0 radical (unpaired) electrons. The minimum atomic E-state index is -0.260. The maximum absolute atomic E-state index is 12.8. The first kappa shape index (κ1) is 29.7. The van der Waals surface area contributed by atoms with Crippen LogP contribution in [0.15, 0.2) is 30.9 Å². The average molecular weight is 501 g/mol. The second-order valence-electron chi connectivity index (χ2n) is 9.65. The minimum Gasteiger partial charge on any atom is -0.493 e. The number of benzene rings is 1. The summed E-state index contributed by atoms with van der Waals surface area (Å²) in [5.41, 5.74) is 3.23. The highest BCUT2D eigenvalue weighted by Crippen LogP contribution is 2.24. The number of carbonyl (C=O) groups excluding carboxylic acids is 1. The van der Waals surface area contributed by atoms with Crippen molar-refractivity contribution in [3.63, 3.8) is 0 Å². The molecule has 0 spiro atoms. The van der Waals surface area contributed by atoms with E-state index in [0.29, 0.717) is 30.3 Å². The van der Waals surface area contributed by atoms with Gasteiger partial charge in [0.15, 0.2) is 0 Å². The predicted molar refractivity (Wildman–Crippen MR) is 146 cm³/mol. The monoisotopic (exact) mass is 500 g/mol. The normalized spacial score (nSPS) is 10.9. The zero-order valence-electron chi connectivity index (χ0n) is 22.7. The fourth-order valence-electron chi connectivity index (χ4n) is 4.16. The lowest BCUT2D eigenvalue weighted by atomic mass is 10.1. The summed E-state index contributed by atoms with van der Waals surface area (Å²) in [6.45, 7) is 5.78. The Kier molecular flexibility index (Phi) is 16.1. The molecule has 1 aromatic heterocycles. The summed E-state index contributed by atoms with van der Waals surface area (Å²) >= 11 is 0. The summed E-state index contributed by atoms with van der Waals surface area (Å²) < 4.78 is 13.5. The molecule has 0 aliphatic carbocycles. The molecule has 0 aliphatic rings. The second kappa shape index (κ2) is 19.6. The van der Waals surface area contributed by atoms with E-state index in [1.54, 1.807) is 12.1 Å². The minimum absolute atomic E-state index is 0.260. The van der Waals surface area contributed by atoms with Gasteiger partial charge in [0.05, 0.1) is 13.2 Å².